The maximum absolute atomic E-state index is 12.4. The molecule has 1 amide bonds. The molecule has 0 saturated carbocycles. The van der Waals surface area contributed by atoms with E-state index in [-0.39, 0.29) is 5.91 Å². The van der Waals surface area contributed by atoms with E-state index in [1.54, 1.807) is 14.2 Å². The molecule has 0 atom stereocenters. The number of benzene rings is 2. The van der Waals surface area contributed by atoms with Gasteiger partial charge in [0.2, 0.25) is 0 Å². The van der Waals surface area contributed by atoms with Crippen LogP contribution in [0.2, 0.25) is 0 Å². The summed E-state index contributed by atoms with van der Waals surface area (Å²) in [4.78, 5) is 19.1. The quantitative estimate of drug-likeness (QED) is 0.366. The van der Waals surface area contributed by atoms with Crippen LogP contribution in [0.3, 0.4) is 0 Å². The fraction of sp³-hybridized carbons (Fsp3) is 0.417. The standard InChI is InChI=1S/C24H35N5O3/c1-6-25-24(28-17-20-10-11-21(31-4)15-22(20)32-5)27-16-18-8-7-9-19(14-18)23(30)26-12-13-29(2)3/h7-11,14-15H,6,12-13,16-17H2,1-5H3,(H,26,30)(H2,25,27,28). The molecule has 0 fully saturated rings. The van der Waals surface area contributed by atoms with Gasteiger partial charge in [-0.15, -0.1) is 0 Å². The second-order valence-corrected chi connectivity index (χ2v) is 7.49. The number of hydrogen-bond acceptors (Lipinski definition) is 5. The predicted octanol–water partition coefficient (Wildman–Crippen LogP) is 2.25. The lowest BCUT2D eigenvalue weighted by molar-refractivity contribution is 0.0951. The lowest BCUT2D eigenvalue weighted by atomic mass is 10.1. The summed E-state index contributed by atoms with van der Waals surface area (Å²) >= 11 is 0. The van der Waals surface area contributed by atoms with Crippen LogP contribution in [0.1, 0.15) is 28.4 Å². The number of nitrogens with one attached hydrogen (secondary N) is 3. The molecule has 2 rings (SSSR count). The molecule has 174 valence electrons. The van der Waals surface area contributed by atoms with Crippen LogP contribution in [0.5, 0.6) is 11.5 Å². The van der Waals surface area contributed by atoms with Crippen molar-refractivity contribution < 1.29 is 14.3 Å². The lowest BCUT2D eigenvalue weighted by Gasteiger charge is -2.14. The van der Waals surface area contributed by atoms with E-state index in [1.807, 2.05) is 68.4 Å². The molecule has 2 aromatic carbocycles. The number of ether oxygens (including phenoxy) is 2. The third kappa shape index (κ3) is 8.11. The molecule has 0 aromatic heterocycles. The van der Waals surface area contributed by atoms with Gasteiger partial charge in [0.15, 0.2) is 5.96 Å². The van der Waals surface area contributed by atoms with Gasteiger partial charge in [0.05, 0.1) is 20.8 Å². The summed E-state index contributed by atoms with van der Waals surface area (Å²) in [5.74, 6) is 2.11. The Bertz CT molecular complexity index is 899. The van der Waals surface area contributed by atoms with E-state index in [0.717, 1.165) is 35.7 Å². The summed E-state index contributed by atoms with van der Waals surface area (Å²) in [5, 5.41) is 9.52. The molecule has 0 saturated heterocycles. The topological polar surface area (TPSA) is 87.2 Å². The highest BCUT2D eigenvalue weighted by Crippen LogP contribution is 2.24. The van der Waals surface area contributed by atoms with Crippen LogP contribution < -0.4 is 25.4 Å². The zero-order valence-electron chi connectivity index (χ0n) is 19.7. The second-order valence-electron chi connectivity index (χ2n) is 7.49. The van der Waals surface area contributed by atoms with Gasteiger partial charge in [-0.2, -0.15) is 0 Å². The first-order chi connectivity index (χ1) is 15.5. The van der Waals surface area contributed by atoms with Crippen molar-refractivity contribution in [3.05, 3.63) is 59.2 Å². The van der Waals surface area contributed by atoms with Crippen molar-refractivity contribution in [2.75, 3.05) is 47.9 Å². The molecule has 0 aliphatic heterocycles. The Morgan fingerprint density at radius 2 is 1.84 bits per heavy atom. The molecule has 0 bridgehead atoms. The number of carbonyl (C=O) groups excluding carboxylic acids is 1. The van der Waals surface area contributed by atoms with Gasteiger partial charge in [-0.1, -0.05) is 12.1 Å². The largest absolute Gasteiger partial charge is 0.497 e. The fourth-order valence-corrected chi connectivity index (χ4v) is 2.99. The van der Waals surface area contributed by atoms with Crippen molar-refractivity contribution in [3.63, 3.8) is 0 Å². The molecule has 8 heteroatoms. The molecule has 2 aromatic rings. The van der Waals surface area contributed by atoms with E-state index >= 15 is 0 Å². The molecule has 32 heavy (non-hydrogen) atoms. The smallest absolute Gasteiger partial charge is 0.251 e. The van der Waals surface area contributed by atoms with Crippen molar-refractivity contribution >= 4 is 11.9 Å². The zero-order chi connectivity index (χ0) is 23.3. The number of methoxy groups -OCH3 is 2. The summed E-state index contributed by atoms with van der Waals surface area (Å²) in [6.45, 7) is 5.16. The number of carbonyl (C=O) groups is 1. The van der Waals surface area contributed by atoms with E-state index < -0.39 is 0 Å². The highest BCUT2D eigenvalue weighted by Gasteiger charge is 2.08. The predicted molar refractivity (Wildman–Crippen MR) is 129 cm³/mol. The summed E-state index contributed by atoms with van der Waals surface area (Å²) in [6, 6.07) is 13.3. The molecule has 0 unspecified atom stereocenters. The monoisotopic (exact) mass is 441 g/mol. The van der Waals surface area contributed by atoms with Crippen molar-refractivity contribution in [1.29, 1.82) is 0 Å². The van der Waals surface area contributed by atoms with Gasteiger partial charge in [0, 0.05) is 43.4 Å². The molecule has 0 heterocycles. The first kappa shape index (κ1) is 25.0. The summed E-state index contributed by atoms with van der Waals surface area (Å²) in [6.07, 6.45) is 0. The van der Waals surface area contributed by atoms with Gasteiger partial charge < -0.3 is 30.3 Å². The van der Waals surface area contributed by atoms with Crippen molar-refractivity contribution in [3.8, 4) is 11.5 Å². The Balaban J connectivity index is 2.02. The Labute approximate surface area is 191 Å². The van der Waals surface area contributed by atoms with E-state index in [0.29, 0.717) is 31.2 Å². The van der Waals surface area contributed by atoms with E-state index in [2.05, 4.69) is 20.9 Å². The first-order valence-corrected chi connectivity index (χ1v) is 10.7. The molecule has 3 N–H and O–H groups in total. The summed E-state index contributed by atoms with van der Waals surface area (Å²) < 4.78 is 10.7. The fourth-order valence-electron chi connectivity index (χ4n) is 2.99. The normalized spacial score (nSPS) is 11.2. The van der Waals surface area contributed by atoms with Crippen LogP contribution in [-0.4, -0.2) is 64.7 Å². The second kappa shape index (κ2) is 13.2. The minimum atomic E-state index is -0.0747. The van der Waals surface area contributed by atoms with Gasteiger partial charge in [-0.25, -0.2) is 4.99 Å². The molecule has 0 aliphatic rings. The van der Waals surface area contributed by atoms with Crippen LogP contribution in [0.4, 0.5) is 0 Å². The highest BCUT2D eigenvalue weighted by atomic mass is 16.5. The Morgan fingerprint density at radius 3 is 2.53 bits per heavy atom. The molecular formula is C24H35N5O3. The van der Waals surface area contributed by atoms with Crippen LogP contribution >= 0.6 is 0 Å². The number of nitrogens with zero attached hydrogens (tertiary/aromatic N) is 2. The number of aliphatic imine (C=N–C) groups is 1. The summed E-state index contributed by atoms with van der Waals surface area (Å²) in [5.41, 5.74) is 2.59. The number of rotatable bonds is 11. The van der Waals surface area contributed by atoms with Crippen molar-refractivity contribution in [2.24, 2.45) is 4.99 Å². The van der Waals surface area contributed by atoms with Crippen LogP contribution in [-0.2, 0) is 13.1 Å². The third-order valence-corrected chi connectivity index (χ3v) is 4.74. The number of amides is 1. The van der Waals surface area contributed by atoms with E-state index in [1.165, 1.54) is 0 Å². The van der Waals surface area contributed by atoms with Crippen molar-refractivity contribution in [1.82, 2.24) is 20.9 Å². The Kier molecular flexibility index (Phi) is 10.3. The summed E-state index contributed by atoms with van der Waals surface area (Å²) in [7, 11) is 7.23. The van der Waals surface area contributed by atoms with Crippen LogP contribution in [0.15, 0.2) is 47.5 Å². The average Bonchev–Trinajstić information content (AvgIpc) is 2.80. The van der Waals surface area contributed by atoms with E-state index in [9.17, 15) is 4.79 Å². The maximum Gasteiger partial charge on any atom is 0.251 e. The van der Waals surface area contributed by atoms with Crippen LogP contribution in [0.25, 0.3) is 0 Å². The van der Waals surface area contributed by atoms with Gasteiger partial charge in [0.1, 0.15) is 11.5 Å². The molecule has 0 radical (unpaired) electrons. The lowest BCUT2D eigenvalue weighted by Crippen LogP contribution is -2.36. The SMILES string of the molecule is CCNC(=NCc1cccc(C(=O)NCCN(C)C)c1)NCc1ccc(OC)cc1OC. The van der Waals surface area contributed by atoms with E-state index in [4.69, 9.17) is 9.47 Å². The molecular weight excluding hydrogens is 406 g/mol. The first-order valence-electron chi connectivity index (χ1n) is 10.7. The van der Waals surface area contributed by atoms with Crippen LogP contribution in [0, 0.1) is 0 Å². The molecule has 8 nitrogen and oxygen atoms in total. The Morgan fingerprint density at radius 1 is 1.03 bits per heavy atom. The van der Waals surface area contributed by atoms with Gasteiger partial charge in [-0.05, 0) is 50.8 Å². The zero-order valence-corrected chi connectivity index (χ0v) is 19.7. The van der Waals surface area contributed by atoms with Gasteiger partial charge in [0.25, 0.3) is 5.91 Å². The van der Waals surface area contributed by atoms with Gasteiger partial charge in [-0.3, -0.25) is 4.79 Å². The van der Waals surface area contributed by atoms with Gasteiger partial charge >= 0.3 is 0 Å². The molecule has 0 aliphatic carbocycles. The van der Waals surface area contributed by atoms with Crippen molar-refractivity contribution in [2.45, 2.75) is 20.0 Å². The number of likely N-dealkylation sites (N-methyl/N-ethyl adjacent to an activating group) is 1. The number of hydrogen-bond donors (Lipinski definition) is 3. The number of guanidine groups is 1. The molecule has 0 spiro atoms. The minimum absolute atomic E-state index is 0.0747. The Hall–Kier alpha value is -3.26. The third-order valence-electron chi connectivity index (χ3n) is 4.74. The minimum Gasteiger partial charge on any atom is -0.497 e. The highest BCUT2D eigenvalue weighted by molar-refractivity contribution is 5.94. The average molecular weight is 442 g/mol. The maximum atomic E-state index is 12.4.